The molecule has 7 heteroatoms. The molecule has 1 amide bonds. The monoisotopic (exact) mass is 294 g/mol. The van der Waals surface area contributed by atoms with Crippen molar-refractivity contribution in [2.45, 2.75) is 0 Å². The van der Waals surface area contributed by atoms with Crippen LogP contribution in [0, 0.1) is 11.6 Å². The zero-order valence-corrected chi connectivity index (χ0v) is 11.0. The maximum Gasteiger partial charge on any atom is 0.255 e. The van der Waals surface area contributed by atoms with E-state index in [1.165, 1.54) is 25.3 Å². The summed E-state index contributed by atoms with van der Waals surface area (Å²) >= 11 is 0. The van der Waals surface area contributed by atoms with Crippen LogP contribution in [0.25, 0.3) is 0 Å². The van der Waals surface area contributed by atoms with Crippen molar-refractivity contribution in [1.82, 2.24) is 0 Å². The summed E-state index contributed by atoms with van der Waals surface area (Å²) < 4.78 is 31.4. The molecule has 0 heterocycles. The van der Waals surface area contributed by atoms with Crippen LogP contribution in [-0.4, -0.2) is 18.1 Å². The lowest BCUT2D eigenvalue weighted by Gasteiger charge is -2.09. The summed E-state index contributed by atoms with van der Waals surface area (Å²) in [4.78, 5) is 12.0. The van der Waals surface area contributed by atoms with Crippen molar-refractivity contribution in [3.63, 3.8) is 0 Å². The minimum absolute atomic E-state index is 0.0793. The number of hydrogen-bond donors (Lipinski definition) is 3. The van der Waals surface area contributed by atoms with E-state index in [0.29, 0.717) is 6.07 Å². The number of carbonyl (C=O) groups excluding carboxylic acids is 1. The molecular weight excluding hydrogens is 282 g/mol. The molecule has 0 saturated carbocycles. The van der Waals surface area contributed by atoms with Crippen LogP contribution in [-0.2, 0) is 0 Å². The number of amides is 1. The predicted molar refractivity (Wildman–Crippen MR) is 73.4 cm³/mol. The summed E-state index contributed by atoms with van der Waals surface area (Å²) in [5.41, 5.74) is 4.85. The quantitative estimate of drug-likeness (QED) is 0.759. The number of nitrogens with one attached hydrogen (secondary N) is 1. The van der Waals surface area contributed by atoms with Gasteiger partial charge in [-0.3, -0.25) is 4.79 Å². The summed E-state index contributed by atoms with van der Waals surface area (Å²) in [6, 6.07) is 5.50. The van der Waals surface area contributed by atoms with Crippen LogP contribution in [0.4, 0.5) is 20.2 Å². The van der Waals surface area contributed by atoms with Crippen molar-refractivity contribution in [3.05, 3.63) is 47.5 Å². The van der Waals surface area contributed by atoms with Crippen LogP contribution in [0.2, 0.25) is 0 Å². The Kier molecular flexibility index (Phi) is 3.93. The summed E-state index contributed by atoms with van der Waals surface area (Å²) in [6.07, 6.45) is 0. The smallest absolute Gasteiger partial charge is 0.255 e. The molecule has 0 aliphatic rings. The fraction of sp³-hybridized carbons (Fsp3) is 0.0714. The zero-order valence-electron chi connectivity index (χ0n) is 11.0. The Labute approximate surface area is 119 Å². The van der Waals surface area contributed by atoms with Crippen molar-refractivity contribution in [2.75, 3.05) is 18.2 Å². The molecule has 4 N–H and O–H groups in total. The summed E-state index contributed by atoms with van der Waals surface area (Å²) in [7, 11) is 1.37. The molecule has 0 aromatic heterocycles. The third kappa shape index (κ3) is 3.02. The van der Waals surface area contributed by atoms with E-state index in [9.17, 15) is 18.7 Å². The van der Waals surface area contributed by atoms with Gasteiger partial charge >= 0.3 is 0 Å². The van der Waals surface area contributed by atoms with Gasteiger partial charge in [-0.05, 0) is 24.3 Å². The summed E-state index contributed by atoms with van der Waals surface area (Å²) in [5.74, 6) is -2.58. The maximum atomic E-state index is 13.5. The fourth-order valence-electron chi connectivity index (χ4n) is 1.69. The van der Waals surface area contributed by atoms with Gasteiger partial charge in [0.25, 0.3) is 5.91 Å². The van der Waals surface area contributed by atoms with E-state index in [1.807, 2.05) is 0 Å². The number of hydrogen-bond acceptors (Lipinski definition) is 4. The highest BCUT2D eigenvalue weighted by atomic mass is 19.1. The second-order valence-electron chi connectivity index (χ2n) is 4.19. The minimum atomic E-state index is -0.951. The van der Waals surface area contributed by atoms with E-state index in [4.69, 9.17) is 10.5 Å². The maximum absolute atomic E-state index is 13.5. The summed E-state index contributed by atoms with van der Waals surface area (Å²) in [5, 5.41) is 11.8. The number of phenols is 1. The van der Waals surface area contributed by atoms with E-state index in [2.05, 4.69) is 5.32 Å². The number of benzene rings is 2. The molecule has 2 aromatic rings. The molecule has 0 saturated heterocycles. The Bertz CT molecular complexity index is 705. The molecule has 5 nitrogen and oxygen atoms in total. The van der Waals surface area contributed by atoms with E-state index < -0.39 is 17.5 Å². The Morgan fingerprint density at radius 2 is 1.95 bits per heavy atom. The number of methoxy groups -OCH3 is 1. The first-order chi connectivity index (χ1) is 9.92. The average Bonchev–Trinajstić information content (AvgIpc) is 2.44. The van der Waals surface area contributed by atoms with Gasteiger partial charge in [-0.1, -0.05) is 0 Å². The second-order valence-corrected chi connectivity index (χ2v) is 4.19. The molecule has 0 aliphatic carbocycles. The fourth-order valence-corrected chi connectivity index (χ4v) is 1.69. The van der Waals surface area contributed by atoms with Crippen LogP contribution in [0.5, 0.6) is 11.5 Å². The second kappa shape index (κ2) is 5.66. The van der Waals surface area contributed by atoms with Gasteiger partial charge in [-0.2, -0.15) is 0 Å². The number of carbonyl (C=O) groups is 1. The lowest BCUT2D eigenvalue weighted by atomic mass is 10.1. The lowest BCUT2D eigenvalue weighted by molar-refractivity contribution is 0.102. The molecule has 0 aliphatic heterocycles. The van der Waals surface area contributed by atoms with E-state index in [1.54, 1.807) is 0 Å². The topological polar surface area (TPSA) is 84.6 Å². The molecule has 2 aromatic carbocycles. The Hall–Kier alpha value is -2.83. The van der Waals surface area contributed by atoms with Crippen molar-refractivity contribution in [2.24, 2.45) is 0 Å². The van der Waals surface area contributed by atoms with Crippen molar-refractivity contribution in [3.8, 4) is 11.5 Å². The number of anilines is 2. The molecule has 0 bridgehead atoms. The number of phenolic OH excluding ortho intramolecular Hbond substituents is 1. The van der Waals surface area contributed by atoms with Crippen molar-refractivity contribution >= 4 is 17.3 Å². The van der Waals surface area contributed by atoms with E-state index in [0.717, 1.165) is 6.07 Å². The molecule has 0 fully saturated rings. The number of rotatable bonds is 3. The van der Waals surface area contributed by atoms with Gasteiger partial charge in [0.1, 0.15) is 11.6 Å². The molecule has 0 spiro atoms. The lowest BCUT2D eigenvalue weighted by Crippen LogP contribution is -2.13. The first kappa shape index (κ1) is 14.6. The highest BCUT2D eigenvalue weighted by Gasteiger charge is 2.14. The molecule has 0 unspecified atom stereocenters. The normalized spacial score (nSPS) is 10.2. The standard InChI is InChI=1S/C14H12F2N2O3/c1-21-13-3-2-7(4-12(13)19)14(20)18-11-6-10(17)8(15)5-9(11)16/h2-6,19H,17H2,1H3,(H,18,20). The van der Waals surface area contributed by atoms with Crippen LogP contribution in [0.15, 0.2) is 30.3 Å². The molecule has 110 valence electrons. The molecular formula is C14H12F2N2O3. The number of ether oxygens (including phenoxy) is 1. The van der Waals surface area contributed by atoms with Crippen LogP contribution in [0.1, 0.15) is 10.4 Å². The number of aromatic hydroxyl groups is 1. The van der Waals surface area contributed by atoms with Gasteiger partial charge in [0, 0.05) is 11.6 Å². The molecule has 0 atom stereocenters. The first-order valence-corrected chi connectivity index (χ1v) is 5.85. The van der Waals surface area contributed by atoms with Crippen LogP contribution in [0.3, 0.4) is 0 Å². The van der Waals surface area contributed by atoms with Gasteiger partial charge in [0.2, 0.25) is 0 Å². The highest BCUT2D eigenvalue weighted by molar-refractivity contribution is 6.04. The Balaban J connectivity index is 2.26. The van der Waals surface area contributed by atoms with Crippen molar-refractivity contribution in [1.29, 1.82) is 0 Å². The molecule has 2 rings (SSSR count). The van der Waals surface area contributed by atoms with Gasteiger partial charge in [0.15, 0.2) is 11.5 Å². The van der Waals surface area contributed by atoms with Gasteiger partial charge in [0.05, 0.1) is 18.5 Å². The zero-order chi connectivity index (χ0) is 15.6. The predicted octanol–water partition coefficient (Wildman–Crippen LogP) is 2.51. The highest BCUT2D eigenvalue weighted by Crippen LogP contribution is 2.27. The van der Waals surface area contributed by atoms with E-state index >= 15 is 0 Å². The van der Waals surface area contributed by atoms with Crippen LogP contribution < -0.4 is 15.8 Å². The third-order valence-corrected chi connectivity index (χ3v) is 2.78. The van der Waals surface area contributed by atoms with Gasteiger partial charge < -0.3 is 20.9 Å². The first-order valence-electron chi connectivity index (χ1n) is 5.85. The number of nitrogen functional groups attached to an aromatic ring is 1. The van der Waals surface area contributed by atoms with Gasteiger partial charge in [-0.15, -0.1) is 0 Å². The minimum Gasteiger partial charge on any atom is -0.504 e. The van der Waals surface area contributed by atoms with E-state index in [-0.39, 0.29) is 28.4 Å². The summed E-state index contributed by atoms with van der Waals surface area (Å²) in [6.45, 7) is 0. The number of nitrogens with two attached hydrogens (primary N) is 1. The molecule has 0 radical (unpaired) electrons. The Morgan fingerprint density at radius 1 is 1.24 bits per heavy atom. The number of halogens is 2. The third-order valence-electron chi connectivity index (χ3n) is 2.78. The Morgan fingerprint density at radius 3 is 2.57 bits per heavy atom. The average molecular weight is 294 g/mol. The largest absolute Gasteiger partial charge is 0.504 e. The van der Waals surface area contributed by atoms with Crippen LogP contribution >= 0.6 is 0 Å². The van der Waals surface area contributed by atoms with Crippen molar-refractivity contribution < 1.29 is 23.4 Å². The SMILES string of the molecule is COc1ccc(C(=O)Nc2cc(N)c(F)cc2F)cc1O. The van der Waals surface area contributed by atoms with Gasteiger partial charge in [-0.25, -0.2) is 8.78 Å². The molecule has 21 heavy (non-hydrogen) atoms.